The van der Waals surface area contributed by atoms with Crippen LogP contribution in [0.5, 0.6) is 6.01 Å². The van der Waals surface area contributed by atoms with Crippen LogP contribution in [-0.2, 0) is 9.53 Å². The summed E-state index contributed by atoms with van der Waals surface area (Å²) in [5, 5.41) is 5.93. The van der Waals surface area contributed by atoms with Gasteiger partial charge in [-0.2, -0.15) is 23.1 Å². The lowest BCUT2D eigenvalue weighted by Gasteiger charge is -2.23. The van der Waals surface area contributed by atoms with Crippen LogP contribution in [0.3, 0.4) is 0 Å². The van der Waals surface area contributed by atoms with Crippen molar-refractivity contribution in [2.45, 2.75) is 45.0 Å². The fourth-order valence-corrected chi connectivity index (χ4v) is 3.36. The number of alkyl carbamates (subject to hydrolysis) is 1. The Bertz CT molecular complexity index is 1080. The molecular formula is C22H26F3N5O4. The first kappa shape index (κ1) is 25.1. The second-order valence-electron chi connectivity index (χ2n) is 8.74. The summed E-state index contributed by atoms with van der Waals surface area (Å²) < 4.78 is 48.2. The zero-order chi connectivity index (χ0) is 25.1. The summed E-state index contributed by atoms with van der Waals surface area (Å²) in [5.74, 6) is -0.0879. The number of carbonyl (C=O) groups is 2. The van der Waals surface area contributed by atoms with E-state index in [1.165, 1.54) is 6.07 Å². The Kier molecular flexibility index (Phi) is 7.18. The van der Waals surface area contributed by atoms with Crippen molar-refractivity contribution < 1.29 is 32.2 Å². The number of hydrogen-bond donors (Lipinski definition) is 2. The molecule has 34 heavy (non-hydrogen) atoms. The molecule has 0 unspecified atom stereocenters. The number of hydrogen-bond acceptors (Lipinski definition) is 7. The van der Waals surface area contributed by atoms with Gasteiger partial charge in [-0.05, 0) is 51.5 Å². The average molecular weight is 481 g/mol. The van der Waals surface area contributed by atoms with Crippen molar-refractivity contribution in [2.75, 3.05) is 29.9 Å². The molecule has 0 spiro atoms. The molecule has 1 aliphatic rings. The van der Waals surface area contributed by atoms with Gasteiger partial charge in [0.05, 0.1) is 11.6 Å². The highest BCUT2D eigenvalue weighted by Crippen LogP contribution is 2.31. The third-order valence-electron chi connectivity index (χ3n) is 4.68. The number of benzene rings is 1. The summed E-state index contributed by atoms with van der Waals surface area (Å²) >= 11 is 0. The lowest BCUT2D eigenvalue weighted by atomic mass is 10.2. The molecule has 0 bridgehead atoms. The molecule has 0 radical (unpaired) electrons. The number of amides is 2. The Morgan fingerprint density at radius 2 is 2.00 bits per heavy atom. The van der Waals surface area contributed by atoms with Gasteiger partial charge in [-0.15, -0.1) is 0 Å². The number of halogens is 3. The summed E-state index contributed by atoms with van der Waals surface area (Å²) in [6.45, 7) is 7.96. The number of fused-ring (bicyclic) bond motifs is 1. The Hall–Kier alpha value is -3.57. The molecule has 2 aromatic rings. The van der Waals surface area contributed by atoms with Crippen molar-refractivity contribution in [3.05, 3.63) is 30.9 Å². The van der Waals surface area contributed by atoms with E-state index in [1.54, 1.807) is 32.9 Å². The van der Waals surface area contributed by atoms with Crippen LogP contribution >= 0.6 is 0 Å². The van der Waals surface area contributed by atoms with Crippen molar-refractivity contribution in [3.63, 3.8) is 0 Å². The van der Waals surface area contributed by atoms with E-state index in [1.807, 2.05) is 4.90 Å². The minimum atomic E-state index is -4.56. The van der Waals surface area contributed by atoms with Crippen LogP contribution in [0.1, 0.15) is 27.2 Å². The number of rotatable bonds is 6. The molecule has 12 heteroatoms. The maximum absolute atomic E-state index is 12.7. The molecule has 3 rings (SSSR count). The van der Waals surface area contributed by atoms with Gasteiger partial charge in [0, 0.05) is 24.2 Å². The highest BCUT2D eigenvalue weighted by molar-refractivity contribution is 6.01. The van der Waals surface area contributed by atoms with E-state index in [0.717, 1.165) is 6.08 Å². The number of nitrogens with one attached hydrogen (secondary N) is 2. The summed E-state index contributed by atoms with van der Waals surface area (Å²) in [4.78, 5) is 33.9. The van der Waals surface area contributed by atoms with Gasteiger partial charge in [0.25, 0.3) is 0 Å². The summed E-state index contributed by atoms with van der Waals surface area (Å²) in [6.07, 6.45) is -3.44. The zero-order valence-electron chi connectivity index (χ0n) is 19.0. The molecule has 1 aromatic heterocycles. The standard InChI is InChI=1S/C22H26F3N5O4/c1-5-17(31)26-13-6-7-15-16(10-13)28-19(33-12-22(23,24)25)29-18(15)30-9-8-14(11-30)27-20(32)34-21(2,3)4/h5-7,10,14H,1,8-9,11-12H2,2-4H3,(H,26,31)(H,27,32)/t14-/m1/s1. The predicted octanol–water partition coefficient (Wildman–Crippen LogP) is 3.80. The number of carbonyl (C=O) groups excluding carboxylic acids is 2. The highest BCUT2D eigenvalue weighted by Gasteiger charge is 2.31. The Morgan fingerprint density at radius 3 is 2.65 bits per heavy atom. The minimum Gasteiger partial charge on any atom is -0.454 e. The van der Waals surface area contributed by atoms with E-state index in [9.17, 15) is 22.8 Å². The van der Waals surface area contributed by atoms with E-state index in [4.69, 9.17) is 9.47 Å². The van der Waals surface area contributed by atoms with Gasteiger partial charge in [0.2, 0.25) is 5.91 Å². The Balaban J connectivity index is 1.87. The highest BCUT2D eigenvalue weighted by atomic mass is 19.4. The van der Waals surface area contributed by atoms with Gasteiger partial charge in [-0.3, -0.25) is 4.79 Å². The maximum Gasteiger partial charge on any atom is 0.422 e. The topological polar surface area (TPSA) is 106 Å². The normalized spacial score (nSPS) is 16.3. The number of alkyl halides is 3. The van der Waals surface area contributed by atoms with Gasteiger partial charge >= 0.3 is 18.3 Å². The number of anilines is 2. The Labute approximate surface area is 194 Å². The summed E-state index contributed by atoms with van der Waals surface area (Å²) in [7, 11) is 0. The van der Waals surface area contributed by atoms with Crippen molar-refractivity contribution in [1.82, 2.24) is 15.3 Å². The lowest BCUT2D eigenvalue weighted by Crippen LogP contribution is -2.40. The van der Waals surface area contributed by atoms with E-state index in [-0.39, 0.29) is 11.6 Å². The monoisotopic (exact) mass is 481 g/mol. The van der Waals surface area contributed by atoms with Gasteiger partial charge in [0.15, 0.2) is 6.61 Å². The second kappa shape index (κ2) is 9.74. The van der Waals surface area contributed by atoms with Crippen molar-refractivity contribution in [1.29, 1.82) is 0 Å². The smallest absolute Gasteiger partial charge is 0.422 e. The molecule has 184 valence electrons. The molecule has 1 aliphatic heterocycles. The van der Waals surface area contributed by atoms with Gasteiger partial charge in [0.1, 0.15) is 11.4 Å². The largest absolute Gasteiger partial charge is 0.454 e. The first-order chi connectivity index (χ1) is 15.8. The SMILES string of the molecule is C=CC(=O)Nc1ccc2c(N3CC[C@@H](NC(=O)OC(C)(C)C)C3)nc(OCC(F)(F)F)nc2c1. The van der Waals surface area contributed by atoms with Crippen LogP contribution in [-0.4, -0.2) is 59.5 Å². The van der Waals surface area contributed by atoms with Crippen LogP contribution in [0.4, 0.5) is 29.5 Å². The molecular weight excluding hydrogens is 455 g/mol. The van der Waals surface area contributed by atoms with Crippen molar-refractivity contribution in [3.8, 4) is 6.01 Å². The van der Waals surface area contributed by atoms with Crippen LogP contribution < -0.4 is 20.3 Å². The van der Waals surface area contributed by atoms with E-state index in [2.05, 4.69) is 27.2 Å². The average Bonchev–Trinajstić information content (AvgIpc) is 3.17. The molecule has 1 fully saturated rings. The van der Waals surface area contributed by atoms with E-state index >= 15 is 0 Å². The third kappa shape index (κ3) is 6.96. The first-order valence-corrected chi connectivity index (χ1v) is 10.5. The maximum atomic E-state index is 12.7. The van der Waals surface area contributed by atoms with Crippen LogP contribution in [0.25, 0.3) is 10.9 Å². The van der Waals surface area contributed by atoms with Crippen molar-refractivity contribution >= 4 is 34.4 Å². The van der Waals surface area contributed by atoms with Crippen molar-refractivity contribution in [2.24, 2.45) is 0 Å². The Morgan fingerprint density at radius 1 is 1.26 bits per heavy atom. The molecule has 0 aliphatic carbocycles. The van der Waals surface area contributed by atoms with Crippen LogP contribution in [0.15, 0.2) is 30.9 Å². The van der Waals surface area contributed by atoms with E-state index < -0.39 is 36.4 Å². The van der Waals surface area contributed by atoms with Gasteiger partial charge in [-0.1, -0.05) is 6.58 Å². The minimum absolute atomic E-state index is 0.245. The second-order valence-corrected chi connectivity index (χ2v) is 8.74. The number of nitrogens with zero attached hydrogens (tertiary/aromatic N) is 3. The van der Waals surface area contributed by atoms with Crippen LogP contribution in [0, 0.1) is 0 Å². The lowest BCUT2D eigenvalue weighted by molar-refractivity contribution is -0.154. The molecule has 9 nitrogen and oxygen atoms in total. The summed E-state index contributed by atoms with van der Waals surface area (Å²) in [5.41, 5.74) is 0.0246. The van der Waals surface area contributed by atoms with Gasteiger partial charge < -0.3 is 25.0 Å². The quantitative estimate of drug-likeness (QED) is 0.605. The summed E-state index contributed by atoms with van der Waals surface area (Å²) in [6, 6.07) is 4.10. The number of aromatic nitrogens is 2. The predicted molar refractivity (Wildman–Crippen MR) is 120 cm³/mol. The molecule has 1 saturated heterocycles. The number of ether oxygens (including phenoxy) is 2. The first-order valence-electron chi connectivity index (χ1n) is 10.5. The molecule has 2 heterocycles. The molecule has 2 amide bonds. The molecule has 0 saturated carbocycles. The molecule has 2 N–H and O–H groups in total. The van der Waals surface area contributed by atoms with E-state index in [0.29, 0.717) is 36.4 Å². The zero-order valence-corrected chi connectivity index (χ0v) is 19.0. The molecule has 1 aromatic carbocycles. The van der Waals surface area contributed by atoms with Crippen LogP contribution in [0.2, 0.25) is 0 Å². The third-order valence-corrected chi connectivity index (χ3v) is 4.68. The fourth-order valence-electron chi connectivity index (χ4n) is 3.36. The molecule has 1 atom stereocenters. The van der Waals surface area contributed by atoms with Gasteiger partial charge in [-0.25, -0.2) is 4.79 Å². The fraction of sp³-hybridized carbons (Fsp3) is 0.455.